The molecule has 7 nitrogen and oxygen atoms in total. The Kier molecular flexibility index (Phi) is 5.11. The molecule has 0 bridgehead atoms. The maximum Gasteiger partial charge on any atom is 0.327 e. The fraction of sp³-hybridized carbons (Fsp3) is 0.278. The van der Waals surface area contributed by atoms with Crippen molar-refractivity contribution in [1.82, 2.24) is 20.3 Å². The Labute approximate surface area is 154 Å². The first-order chi connectivity index (χ1) is 12.1. The van der Waals surface area contributed by atoms with Crippen LogP contribution in [0.25, 0.3) is 22.3 Å². The molecule has 4 rings (SSSR count). The average molecular weight is 375 g/mol. The van der Waals surface area contributed by atoms with Crippen LogP contribution in [-0.2, 0) is 0 Å². The third-order valence-corrected chi connectivity index (χ3v) is 4.65. The van der Waals surface area contributed by atoms with Crippen LogP contribution in [0.3, 0.4) is 0 Å². The summed E-state index contributed by atoms with van der Waals surface area (Å²) in [5, 5.41) is 13.9. The summed E-state index contributed by atoms with van der Waals surface area (Å²) < 4.78 is 0. The average Bonchev–Trinajstić information content (AvgIpc) is 2.61. The molecule has 1 fully saturated rings. The number of hydrogen-bond donors (Lipinski definition) is 4. The Hall–Kier alpha value is -2.64. The summed E-state index contributed by atoms with van der Waals surface area (Å²) in [4.78, 5) is 33.4. The first-order valence-corrected chi connectivity index (χ1v) is 8.30. The topological polar surface area (TPSA) is 111 Å². The summed E-state index contributed by atoms with van der Waals surface area (Å²) in [6.45, 7) is 1.72. The monoisotopic (exact) mass is 374 g/mol. The molecule has 1 aliphatic rings. The van der Waals surface area contributed by atoms with Gasteiger partial charge in [0, 0.05) is 12.1 Å². The van der Waals surface area contributed by atoms with E-state index in [2.05, 4.69) is 20.3 Å². The zero-order chi connectivity index (χ0) is 17.4. The van der Waals surface area contributed by atoms with Gasteiger partial charge in [0.2, 0.25) is 0 Å². The molecule has 1 saturated heterocycles. The Balaban J connectivity index is 0.00000196. The van der Waals surface area contributed by atoms with Gasteiger partial charge in [0.1, 0.15) is 11.4 Å². The van der Waals surface area contributed by atoms with Gasteiger partial charge in [0.25, 0.3) is 5.56 Å². The Morgan fingerprint density at radius 2 is 1.96 bits per heavy atom. The molecule has 1 aromatic carbocycles. The number of rotatable bonds is 2. The van der Waals surface area contributed by atoms with Gasteiger partial charge in [-0.2, -0.15) is 0 Å². The summed E-state index contributed by atoms with van der Waals surface area (Å²) >= 11 is 0. The maximum atomic E-state index is 12.4. The van der Waals surface area contributed by atoms with Crippen LogP contribution in [0.1, 0.15) is 24.3 Å². The minimum absolute atomic E-state index is 0. The molecule has 0 radical (unpaired) electrons. The minimum Gasteiger partial charge on any atom is -0.507 e. The molecule has 1 atom stereocenters. The molecule has 0 amide bonds. The Morgan fingerprint density at radius 3 is 2.69 bits per heavy atom. The van der Waals surface area contributed by atoms with E-state index in [9.17, 15) is 14.7 Å². The van der Waals surface area contributed by atoms with Gasteiger partial charge >= 0.3 is 5.69 Å². The van der Waals surface area contributed by atoms with Crippen molar-refractivity contribution in [3.8, 4) is 17.0 Å². The first-order valence-electron chi connectivity index (χ1n) is 8.30. The number of halogens is 1. The van der Waals surface area contributed by atoms with Gasteiger partial charge in [0.15, 0.2) is 0 Å². The molecule has 2 aromatic heterocycles. The van der Waals surface area contributed by atoms with Crippen molar-refractivity contribution in [1.29, 1.82) is 0 Å². The number of para-hydroxylation sites is 1. The largest absolute Gasteiger partial charge is 0.507 e. The molecule has 1 unspecified atom stereocenters. The number of phenolic OH excluding ortho intramolecular Hbond substituents is 1. The molecule has 0 saturated carbocycles. The summed E-state index contributed by atoms with van der Waals surface area (Å²) in [7, 11) is 0. The van der Waals surface area contributed by atoms with Crippen LogP contribution in [-0.4, -0.2) is 33.1 Å². The number of nitrogens with zero attached hydrogens (tertiary/aromatic N) is 1. The molecular formula is C18H19ClN4O3. The Bertz CT molecular complexity index is 1050. The number of aromatic nitrogens is 3. The van der Waals surface area contributed by atoms with Crippen molar-refractivity contribution in [2.24, 2.45) is 0 Å². The fourth-order valence-electron chi connectivity index (χ4n) is 3.47. The number of nitrogens with one attached hydrogen (secondary N) is 3. The molecule has 3 heterocycles. The van der Waals surface area contributed by atoms with Gasteiger partial charge in [0.05, 0.1) is 11.1 Å². The first kappa shape index (κ1) is 18.2. The second-order valence-electron chi connectivity index (χ2n) is 6.29. The molecule has 26 heavy (non-hydrogen) atoms. The van der Waals surface area contributed by atoms with Crippen LogP contribution in [0.4, 0.5) is 0 Å². The van der Waals surface area contributed by atoms with Crippen LogP contribution in [0.2, 0.25) is 0 Å². The number of pyridine rings is 1. The van der Waals surface area contributed by atoms with Crippen LogP contribution >= 0.6 is 12.4 Å². The number of hydrogen-bond acceptors (Lipinski definition) is 5. The standard InChI is InChI=1S/C18H18N4O3.ClH/c23-14-6-2-1-5-11(14)13-8-12(10-4-3-7-19-9-10)15-16(20-13)21-18(25)22-17(15)24;/h1-2,5-6,8,10,19,23H,3-4,7,9H2,(H2,20,21,22,24,25);1H. The number of phenols is 1. The third-order valence-electron chi connectivity index (χ3n) is 4.65. The zero-order valence-corrected chi connectivity index (χ0v) is 14.7. The molecule has 8 heteroatoms. The smallest absolute Gasteiger partial charge is 0.327 e. The van der Waals surface area contributed by atoms with E-state index in [-0.39, 0.29) is 29.7 Å². The van der Waals surface area contributed by atoms with E-state index in [0.717, 1.165) is 31.5 Å². The SMILES string of the molecule is Cl.O=c1[nH]c(=O)c2c(C3CCCNC3)cc(-c3ccccc3O)nc2[nH]1. The number of H-pyrrole nitrogens is 2. The number of aromatic amines is 2. The predicted molar refractivity (Wildman–Crippen MR) is 102 cm³/mol. The zero-order valence-electron chi connectivity index (χ0n) is 13.9. The van der Waals surface area contributed by atoms with E-state index < -0.39 is 11.2 Å². The van der Waals surface area contributed by atoms with Crippen molar-refractivity contribution in [3.05, 3.63) is 56.7 Å². The van der Waals surface area contributed by atoms with Crippen molar-refractivity contribution in [3.63, 3.8) is 0 Å². The molecular weight excluding hydrogens is 356 g/mol. The lowest BCUT2D eigenvalue weighted by Gasteiger charge is -2.24. The van der Waals surface area contributed by atoms with E-state index in [1.54, 1.807) is 18.2 Å². The molecule has 136 valence electrons. The lowest BCUT2D eigenvalue weighted by Crippen LogP contribution is -2.30. The summed E-state index contributed by atoms with van der Waals surface area (Å²) in [6.07, 6.45) is 1.96. The molecule has 0 aliphatic carbocycles. The second-order valence-corrected chi connectivity index (χ2v) is 6.29. The highest BCUT2D eigenvalue weighted by molar-refractivity contribution is 5.85. The van der Waals surface area contributed by atoms with Gasteiger partial charge in [-0.1, -0.05) is 12.1 Å². The van der Waals surface area contributed by atoms with E-state index in [0.29, 0.717) is 16.6 Å². The highest BCUT2D eigenvalue weighted by Crippen LogP contribution is 2.33. The van der Waals surface area contributed by atoms with Crippen molar-refractivity contribution < 1.29 is 5.11 Å². The summed E-state index contributed by atoms with van der Waals surface area (Å²) in [5.41, 5.74) is 1.16. The van der Waals surface area contributed by atoms with Crippen LogP contribution in [0, 0.1) is 0 Å². The molecule has 0 spiro atoms. The number of fused-ring (bicyclic) bond motifs is 1. The van der Waals surface area contributed by atoms with E-state index in [1.807, 2.05) is 12.1 Å². The van der Waals surface area contributed by atoms with E-state index in [1.165, 1.54) is 0 Å². The van der Waals surface area contributed by atoms with Crippen LogP contribution in [0.5, 0.6) is 5.75 Å². The molecule has 4 N–H and O–H groups in total. The number of piperidine rings is 1. The third kappa shape index (κ3) is 3.23. The lowest BCUT2D eigenvalue weighted by molar-refractivity contribution is 0.463. The van der Waals surface area contributed by atoms with Crippen LogP contribution < -0.4 is 16.6 Å². The second kappa shape index (κ2) is 7.31. The van der Waals surface area contributed by atoms with Crippen molar-refractivity contribution in [2.75, 3.05) is 13.1 Å². The summed E-state index contributed by atoms with van der Waals surface area (Å²) in [6, 6.07) is 8.74. The molecule has 3 aromatic rings. The minimum atomic E-state index is -0.591. The Morgan fingerprint density at radius 1 is 1.15 bits per heavy atom. The van der Waals surface area contributed by atoms with E-state index >= 15 is 0 Å². The number of aromatic hydroxyl groups is 1. The van der Waals surface area contributed by atoms with Gasteiger partial charge in [-0.3, -0.25) is 14.8 Å². The van der Waals surface area contributed by atoms with Gasteiger partial charge in [-0.15, -0.1) is 12.4 Å². The lowest BCUT2D eigenvalue weighted by atomic mass is 9.89. The number of benzene rings is 1. The van der Waals surface area contributed by atoms with Gasteiger partial charge in [-0.25, -0.2) is 9.78 Å². The van der Waals surface area contributed by atoms with Gasteiger partial charge < -0.3 is 10.4 Å². The highest BCUT2D eigenvalue weighted by atomic mass is 35.5. The highest BCUT2D eigenvalue weighted by Gasteiger charge is 2.22. The van der Waals surface area contributed by atoms with E-state index in [4.69, 9.17) is 0 Å². The molecule has 1 aliphatic heterocycles. The predicted octanol–water partition coefficient (Wildman–Crippen LogP) is 1.87. The quantitative estimate of drug-likeness (QED) is 0.547. The van der Waals surface area contributed by atoms with Crippen molar-refractivity contribution in [2.45, 2.75) is 18.8 Å². The summed E-state index contributed by atoms with van der Waals surface area (Å²) in [5.74, 6) is 0.255. The van der Waals surface area contributed by atoms with Crippen LogP contribution in [0.15, 0.2) is 39.9 Å². The van der Waals surface area contributed by atoms with Gasteiger partial charge in [-0.05, 0) is 49.1 Å². The normalized spacial score (nSPS) is 17.0. The van der Waals surface area contributed by atoms with Crippen molar-refractivity contribution >= 4 is 23.4 Å². The fourth-order valence-corrected chi connectivity index (χ4v) is 3.47. The maximum absolute atomic E-state index is 12.4.